The number of carbonyl (C=O) groups excluding carboxylic acids is 1. The Morgan fingerprint density at radius 1 is 0.735 bits per heavy atom. The van der Waals surface area contributed by atoms with Crippen molar-refractivity contribution >= 4 is 31.3 Å². The second-order valence-corrected chi connectivity index (χ2v) is 9.97. The molecule has 2 aromatic rings. The van der Waals surface area contributed by atoms with Gasteiger partial charge in [0.05, 0.1) is 23.4 Å². The van der Waals surface area contributed by atoms with Gasteiger partial charge in [-0.2, -0.15) is 0 Å². The zero-order chi connectivity index (χ0) is 24.5. The maximum atomic E-state index is 12.0. The monoisotopic (exact) mass is 466 g/mol. The Morgan fingerprint density at radius 3 is 1.38 bits per heavy atom. The van der Waals surface area contributed by atoms with E-state index in [-0.39, 0.29) is 36.6 Å². The lowest BCUT2D eigenvalue weighted by Gasteiger charge is -2.21. The maximum Gasteiger partial charge on any atom is 0.508 e. The first kappa shape index (κ1) is 24.8. The molecule has 4 rings (SSSR count). The standard InChI is InChI=1S/C25H32B2O7/c1-17-24(3,4)33-26(31-17)21-11-7-19(8-12-21)15-29-23(28)30-16-20-9-13-22(14-10-20)27-32-18(2)25(5,6)34-27/h7-14,17-18H,15-16H2,1-6H3. The summed E-state index contributed by atoms with van der Waals surface area (Å²) in [5.74, 6) is 0. The van der Waals surface area contributed by atoms with E-state index in [1.807, 2.05) is 90.1 Å². The first-order valence-electron chi connectivity index (χ1n) is 11.7. The summed E-state index contributed by atoms with van der Waals surface area (Å²) in [7, 11) is -0.781. The van der Waals surface area contributed by atoms with Crippen molar-refractivity contribution in [1.82, 2.24) is 0 Å². The van der Waals surface area contributed by atoms with Gasteiger partial charge in [0.1, 0.15) is 13.2 Å². The van der Waals surface area contributed by atoms with Crippen LogP contribution < -0.4 is 10.9 Å². The van der Waals surface area contributed by atoms with Crippen LogP contribution in [0.1, 0.15) is 52.7 Å². The molecule has 2 fully saturated rings. The van der Waals surface area contributed by atoms with Crippen LogP contribution in [0.25, 0.3) is 0 Å². The van der Waals surface area contributed by atoms with Gasteiger partial charge < -0.3 is 28.1 Å². The number of ether oxygens (including phenoxy) is 2. The summed E-state index contributed by atoms with van der Waals surface area (Å²) in [5, 5.41) is 0. The molecule has 2 heterocycles. The molecule has 2 aliphatic heterocycles. The van der Waals surface area contributed by atoms with Gasteiger partial charge >= 0.3 is 20.4 Å². The van der Waals surface area contributed by atoms with Crippen molar-refractivity contribution in [2.75, 3.05) is 0 Å². The van der Waals surface area contributed by atoms with Gasteiger partial charge in [-0.05, 0) is 63.6 Å². The second-order valence-electron chi connectivity index (χ2n) is 9.97. The first-order valence-corrected chi connectivity index (χ1v) is 11.7. The average molecular weight is 466 g/mol. The molecule has 0 aromatic heterocycles. The van der Waals surface area contributed by atoms with Crippen molar-refractivity contribution < 1.29 is 32.9 Å². The fourth-order valence-corrected chi connectivity index (χ4v) is 3.66. The van der Waals surface area contributed by atoms with Gasteiger partial charge in [-0.1, -0.05) is 48.5 Å². The number of benzene rings is 2. The van der Waals surface area contributed by atoms with E-state index in [9.17, 15) is 4.79 Å². The third-order valence-corrected chi connectivity index (χ3v) is 6.65. The summed E-state index contributed by atoms with van der Waals surface area (Å²) in [6.45, 7) is 12.3. The summed E-state index contributed by atoms with van der Waals surface area (Å²) in [6, 6.07) is 15.2. The van der Waals surface area contributed by atoms with Crippen LogP contribution in [0.5, 0.6) is 0 Å². The number of hydrogen-bond acceptors (Lipinski definition) is 7. The van der Waals surface area contributed by atoms with E-state index in [1.165, 1.54) is 0 Å². The lowest BCUT2D eigenvalue weighted by molar-refractivity contribution is 0.0446. The molecule has 0 aliphatic carbocycles. The fraction of sp³-hybridized carbons (Fsp3) is 0.480. The topological polar surface area (TPSA) is 72.5 Å². The molecule has 0 N–H and O–H groups in total. The quantitative estimate of drug-likeness (QED) is 0.478. The van der Waals surface area contributed by atoms with Crippen molar-refractivity contribution in [1.29, 1.82) is 0 Å². The minimum absolute atomic E-state index is 0.00621. The van der Waals surface area contributed by atoms with E-state index in [2.05, 4.69) is 0 Å². The predicted octanol–water partition coefficient (Wildman–Crippen LogP) is 3.36. The van der Waals surface area contributed by atoms with E-state index in [1.54, 1.807) is 0 Å². The van der Waals surface area contributed by atoms with Crippen molar-refractivity contribution in [2.45, 2.75) is 78.2 Å². The number of carbonyl (C=O) groups is 1. The highest BCUT2D eigenvalue weighted by Gasteiger charge is 2.44. The molecule has 0 spiro atoms. The van der Waals surface area contributed by atoms with Gasteiger partial charge in [-0.25, -0.2) is 4.79 Å². The zero-order valence-corrected chi connectivity index (χ0v) is 20.7. The van der Waals surface area contributed by atoms with Crippen LogP contribution in [0.4, 0.5) is 4.79 Å². The number of hydrogen-bond donors (Lipinski definition) is 0. The molecule has 2 unspecified atom stereocenters. The van der Waals surface area contributed by atoms with Gasteiger partial charge in [0.25, 0.3) is 0 Å². The highest BCUT2D eigenvalue weighted by atomic mass is 16.7. The largest absolute Gasteiger partial charge is 0.508 e. The second kappa shape index (κ2) is 9.74. The molecular formula is C25H32B2O7. The Morgan fingerprint density at radius 2 is 1.09 bits per heavy atom. The summed E-state index contributed by atoms with van der Waals surface area (Å²) in [4.78, 5) is 12.0. The molecule has 34 heavy (non-hydrogen) atoms. The normalized spacial score (nSPS) is 23.2. The molecule has 0 radical (unpaired) electrons. The average Bonchev–Trinajstić information content (AvgIpc) is 3.24. The van der Waals surface area contributed by atoms with Gasteiger partial charge in [0, 0.05) is 0 Å². The molecule has 2 aliphatic rings. The van der Waals surface area contributed by atoms with Crippen molar-refractivity contribution in [3.63, 3.8) is 0 Å². The third-order valence-electron chi connectivity index (χ3n) is 6.65. The Hall–Kier alpha value is -2.32. The molecule has 9 heteroatoms. The minimum atomic E-state index is -0.718. The van der Waals surface area contributed by atoms with Crippen molar-refractivity contribution in [3.8, 4) is 0 Å². The van der Waals surface area contributed by atoms with Crippen LogP contribution in [0.2, 0.25) is 0 Å². The van der Waals surface area contributed by atoms with Crippen LogP contribution in [0.15, 0.2) is 48.5 Å². The molecule has 0 amide bonds. The summed E-state index contributed by atoms with van der Waals surface area (Å²) >= 11 is 0. The molecule has 180 valence electrons. The van der Waals surface area contributed by atoms with E-state index in [4.69, 9.17) is 28.1 Å². The lowest BCUT2D eigenvalue weighted by atomic mass is 9.79. The fourth-order valence-electron chi connectivity index (χ4n) is 3.66. The first-order chi connectivity index (χ1) is 16.0. The number of rotatable bonds is 6. The molecule has 2 saturated heterocycles. The SMILES string of the molecule is CC1OB(c2ccc(COC(=O)OCc3ccc(B4OC(C)C(C)(C)O4)cc3)cc2)OC1(C)C. The van der Waals surface area contributed by atoms with Gasteiger partial charge in [0.15, 0.2) is 0 Å². The molecule has 2 aromatic carbocycles. The predicted molar refractivity (Wildman–Crippen MR) is 130 cm³/mol. The molecule has 2 atom stereocenters. The summed E-state index contributed by atoms with van der Waals surface area (Å²) < 4.78 is 34.2. The van der Waals surface area contributed by atoms with Gasteiger partial charge in [-0.15, -0.1) is 0 Å². The summed E-state index contributed by atoms with van der Waals surface area (Å²) in [6.07, 6.45) is -0.706. The smallest absolute Gasteiger partial charge is 0.429 e. The van der Waals surface area contributed by atoms with E-state index >= 15 is 0 Å². The summed E-state index contributed by atoms with van der Waals surface area (Å²) in [5.41, 5.74) is 2.90. The van der Waals surface area contributed by atoms with Crippen LogP contribution in [-0.2, 0) is 41.3 Å². The van der Waals surface area contributed by atoms with Crippen molar-refractivity contribution in [2.24, 2.45) is 0 Å². The van der Waals surface area contributed by atoms with E-state index in [0.29, 0.717) is 0 Å². The Labute approximate surface area is 202 Å². The van der Waals surface area contributed by atoms with Crippen LogP contribution in [-0.4, -0.2) is 43.8 Å². The van der Waals surface area contributed by atoms with Crippen LogP contribution >= 0.6 is 0 Å². The molecule has 0 bridgehead atoms. The zero-order valence-electron chi connectivity index (χ0n) is 20.7. The van der Waals surface area contributed by atoms with Crippen molar-refractivity contribution in [3.05, 3.63) is 59.7 Å². The molecular weight excluding hydrogens is 434 g/mol. The molecule has 7 nitrogen and oxygen atoms in total. The highest BCUT2D eigenvalue weighted by molar-refractivity contribution is 6.62. The Bertz CT molecular complexity index is 912. The Balaban J connectivity index is 1.21. The van der Waals surface area contributed by atoms with Gasteiger partial charge in [-0.3, -0.25) is 0 Å². The lowest BCUT2D eigenvalue weighted by Crippen LogP contribution is -2.34. The van der Waals surface area contributed by atoms with Crippen LogP contribution in [0.3, 0.4) is 0 Å². The highest BCUT2D eigenvalue weighted by Crippen LogP contribution is 2.27. The van der Waals surface area contributed by atoms with Crippen LogP contribution in [0, 0.1) is 0 Å². The molecule has 0 saturated carbocycles. The Kier molecular flexibility index (Phi) is 7.10. The van der Waals surface area contributed by atoms with E-state index in [0.717, 1.165) is 22.1 Å². The maximum absolute atomic E-state index is 12.0. The van der Waals surface area contributed by atoms with Gasteiger partial charge in [0.2, 0.25) is 0 Å². The minimum Gasteiger partial charge on any atom is -0.429 e. The third kappa shape index (κ3) is 5.66. The van der Waals surface area contributed by atoms with E-state index < -0.39 is 20.4 Å².